The number of rotatable bonds is 3. The lowest BCUT2D eigenvalue weighted by Gasteiger charge is -2.38. The summed E-state index contributed by atoms with van der Waals surface area (Å²) < 4.78 is 9.36. The fourth-order valence-corrected chi connectivity index (χ4v) is 4.37. The minimum atomic E-state index is -0.314. The molecule has 2 aromatic heterocycles. The number of fused-ring (bicyclic) bond motifs is 3. The van der Waals surface area contributed by atoms with Crippen LogP contribution < -0.4 is 10.2 Å². The number of halogens is 1. The molecule has 3 aromatic rings. The monoisotopic (exact) mass is 425 g/mol. The van der Waals surface area contributed by atoms with E-state index in [2.05, 4.69) is 20.8 Å². The Kier molecular flexibility index (Phi) is 4.85. The molecule has 0 saturated carbocycles. The molecule has 0 unspecified atom stereocenters. The molecule has 0 saturated heterocycles. The van der Waals surface area contributed by atoms with E-state index in [1.165, 1.54) is 13.0 Å². The standard InChI is InChI=1S/C23H24ClN3O3/c1-13(28)15-11-26-16(10-17(15)29)22-20(24)21(14-8-6-7-9-18(14)30-5)25-27(22)12-19(26)23(2,3)4/h6-11,19H,12H2,1-5H3/t19-/m0/s1. The molecule has 6 nitrogen and oxygen atoms in total. The summed E-state index contributed by atoms with van der Waals surface area (Å²) >= 11 is 6.83. The SMILES string of the molecule is COc1ccccc1-c1nn2c(c1Cl)-c1cc(=O)c(C(C)=O)cn1[C@H](C(C)(C)C)C2. The van der Waals surface area contributed by atoms with Gasteiger partial charge in [-0.05, 0) is 24.5 Å². The van der Waals surface area contributed by atoms with E-state index in [-0.39, 0.29) is 28.2 Å². The molecule has 1 atom stereocenters. The molecule has 4 rings (SSSR count). The first-order valence-electron chi connectivity index (χ1n) is 9.80. The molecule has 3 heterocycles. The van der Waals surface area contributed by atoms with Gasteiger partial charge < -0.3 is 9.30 Å². The van der Waals surface area contributed by atoms with Gasteiger partial charge in [-0.2, -0.15) is 5.10 Å². The summed E-state index contributed by atoms with van der Waals surface area (Å²) in [6.07, 6.45) is 1.67. The largest absolute Gasteiger partial charge is 0.496 e. The Hall–Kier alpha value is -2.86. The van der Waals surface area contributed by atoms with Crippen molar-refractivity contribution in [3.63, 3.8) is 0 Å². The summed E-state index contributed by atoms with van der Waals surface area (Å²) in [5.41, 5.74) is 2.45. The molecule has 1 aliphatic rings. The highest BCUT2D eigenvalue weighted by atomic mass is 35.5. The van der Waals surface area contributed by atoms with Crippen LogP contribution in [-0.4, -0.2) is 27.2 Å². The molecule has 0 N–H and O–H groups in total. The molecule has 0 bridgehead atoms. The number of carbonyl (C=O) groups excluding carboxylic acids is 1. The highest BCUT2D eigenvalue weighted by molar-refractivity contribution is 6.35. The zero-order valence-corrected chi connectivity index (χ0v) is 18.4. The molecule has 0 aliphatic carbocycles. The van der Waals surface area contributed by atoms with Crippen LogP contribution in [0.25, 0.3) is 22.6 Å². The van der Waals surface area contributed by atoms with Gasteiger partial charge in [0, 0.05) is 17.8 Å². The smallest absolute Gasteiger partial charge is 0.193 e. The quantitative estimate of drug-likeness (QED) is 0.563. The van der Waals surface area contributed by atoms with Crippen LogP contribution in [0.15, 0.2) is 41.3 Å². The Balaban J connectivity index is 2.01. The lowest BCUT2D eigenvalue weighted by molar-refractivity contribution is 0.101. The van der Waals surface area contributed by atoms with Crippen molar-refractivity contribution in [1.29, 1.82) is 0 Å². The number of hydrogen-bond donors (Lipinski definition) is 0. The Morgan fingerprint density at radius 3 is 2.60 bits per heavy atom. The zero-order chi connectivity index (χ0) is 21.8. The van der Waals surface area contributed by atoms with Crippen molar-refractivity contribution < 1.29 is 9.53 Å². The molecular formula is C23H24ClN3O3. The summed E-state index contributed by atoms with van der Waals surface area (Å²) in [5, 5.41) is 5.26. The van der Waals surface area contributed by atoms with E-state index in [4.69, 9.17) is 21.4 Å². The maximum absolute atomic E-state index is 12.7. The van der Waals surface area contributed by atoms with Crippen molar-refractivity contribution in [2.75, 3.05) is 7.11 Å². The highest BCUT2D eigenvalue weighted by Crippen LogP contribution is 2.45. The third kappa shape index (κ3) is 3.16. The predicted molar refractivity (Wildman–Crippen MR) is 117 cm³/mol. The van der Waals surface area contributed by atoms with Gasteiger partial charge in [-0.25, -0.2) is 0 Å². The van der Waals surface area contributed by atoms with Gasteiger partial charge in [-0.3, -0.25) is 14.3 Å². The average Bonchev–Trinajstić information content (AvgIpc) is 3.02. The average molecular weight is 426 g/mol. The van der Waals surface area contributed by atoms with Crippen molar-refractivity contribution >= 4 is 17.4 Å². The maximum atomic E-state index is 12.7. The molecule has 0 spiro atoms. The molecule has 156 valence electrons. The van der Waals surface area contributed by atoms with Crippen molar-refractivity contribution in [2.24, 2.45) is 5.41 Å². The van der Waals surface area contributed by atoms with E-state index in [1.807, 2.05) is 33.5 Å². The summed E-state index contributed by atoms with van der Waals surface area (Å²) in [7, 11) is 1.61. The first kappa shape index (κ1) is 20.4. The van der Waals surface area contributed by atoms with Crippen LogP contribution >= 0.6 is 11.6 Å². The summed E-state index contributed by atoms with van der Waals surface area (Å²) in [4.78, 5) is 24.7. The molecule has 1 aliphatic heterocycles. The van der Waals surface area contributed by atoms with Gasteiger partial charge in [-0.1, -0.05) is 44.5 Å². The Labute approximate surface area is 180 Å². The van der Waals surface area contributed by atoms with Crippen molar-refractivity contribution in [2.45, 2.75) is 40.3 Å². The van der Waals surface area contributed by atoms with Crippen LogP contribution in [0.4, 0.5) is 0 Å². The Morgan fingerprint density at radius 1 is 1.27 bits per heavy atom. The number of para-hydroxylation sites is 1. The number of Topliss-reactive ketones (excluding diaryl/α,β-unsaturated/α-hetero) is 1. The van der Waals surface area contributed by atoms with Crippen LogP contribution in [0, 0.1) is 5.41 Å². The van der Waals surface area contributed by atoms with E-state index in [9.17, 15) is 9.59 Å². The topological polar surface area (TPSA) is 66.1 Å². The first-order valence-corrected chi connectivity index (χ1v) is 10.2. The number of nitrogens with zero attached hydrogens (tertiary/aromatic N) is 3. The van der Waals surface area contributed by atoms with E-state index in [1.54, 1.807) is 13.3 Å². The Bertz CT molecular complexity index is 1220. The van der Waals surface area contributed by atoms with E-state index in [0.29, 0.717) is 34.4 Å². The second kappa shape index (κ2) is 7.13. The second-order valence-corrected chi connectivity index (χ2v) is 9.05. The fraction of sp³-hybridized carbons (Fsp3) is 0.348. The molecule has 1 aromatic carbocycles. The molecular weight excluding hydrogens is 402 g/mol. The second-order valence-electron chi connectivity index (χ2n) is 8.68. The van der Waals surface area contributed by atoms with Gasteiger partial charge in [0.05, 0.1) is 36.0 Å². The first-order chi connectivity index (χ1) is 14.1. The van der Waals surface area contributed by atoms with Crippen molar-refractivity contribution in [3.8, 4) is 28.4 Å². The lowest BCUT2D eigenvalue weighted by Crippen LogP contribution is -2.35. The van der Waals surface area contributed by atoms with Crippen LogP contribution in [0.5, 0.6) is 5.75 Å². The summed E-state index contributed by atoms with van der Waals surface area (Å²) in [5.74, 6) is 0.425. The van der Waals surface area contributed by atoms with Gasteiger partial charge in [0.25, 0.3) is 0 Å². The minimum absolute atomic E-state index is 0.0137. The zero-order valence-electron chi connectivity index (χ0n) is 17.7. The third-order valence-corrected chi connectivity index (χ3v) is 6.00. The third-order valence-electron chi connectivity index (χ3n) is 5.64. The number of carbonyl (C=O) groups is 1. The van der Waals surface area contributed by atoms with Gasteiger partial charge in [-0.15, -0.1) is 0 Å². The summed E-state index contributed by atoms with van der Waals surface area (Å²) in [6, 6.07) is 9.05. The number of ketones is 1. The van der Waals surface area contributed by atoms with Gasteiger partial charge >= 0.3 is 0 Å². The van der Waals surface area contributed by atoms with Crippen LogP contribution in [0.2, 0.25) is 5.02 Å². The van der Waals surface area contributed by atoms with E-state index >= 15 is 0 Å². The lowest BCUT2D eigenvalue weighted by atomic mass is 9.85. The molecule has 30 heavy (non-hydrogen) atoms. The normalized spacial score (nSPS) is 15.5. The number of aromatic nitrogens is 3. The maximum Gasteiger partial charge on any atom is 0.193 e. The molecule has 7 heteroatoms. The molecule has 0 radical (unpaired) electrons. The number of methoxy groups -OCH3 is 1. The van der Waals surface area contributed by atoms with Crippen LogP contribution in [0.1, 0.15) is 44.1 Å². The predicted octanol–water partition coefficient (Wildman–Crippen LogP) is 4.84. The van der Waals surface area contributed by atoms with Gasteiger partial charge in [0.1, 0.15) is 17.1 Å². The van der Waals surface area contributed by atoms with Crippen LogP contribution in [0.3, 0.4) is 0 Å². The fourth-order valence-electron chi connectivity index (χ4n) is 4.03. The van der Waals surface area contributed by atoms with Gasteiger partial charge in [0.2, 0.25) is 0 Å². The van der Waals surface area contributed by atoms with Crippen molar-refractivity contribution in [3.05, 3.63) is 57.3 Å². The Morgan fingerprint density at radius 2 is 1.97 bits per heavy atom. The number of hydrogen-bond acceptors (Lipinski definition) is 4. The van der Waals surface area contributed by atoms with Crippen LogP contribution in [-0.2, 0) is 6.54 Å². The van der Waals surface area contributed by atoms with E-state index < -0.39 is 0 Å². The highest BCUT2D eigenvalue weighted by Gasteiger charge is 2.36. The number of ether oxygens (including phenoxy) is 1. The minimum Gasteiger partial charge on any atom is -0.496 e. The van der Waals surface area contributed by atoms with E-state index in [0.717, 1.165) is 5.56 Å². The number of benzene rings is 1. The molecule has 0 fully saturated rings. The van der Waals surface area contributed by atoms with Gasteiger partial charge in [0.15, 0.2) is 11.2 Å². The summed E-state index contributed by atoms with van der Waals surface area (Å²) in [6.45, 7) is 8.37. The number of pyridine rings is 1. The van der Waals surface area contributed by atoms with Crippen molar-refractivity contribution in [1.82, 2.24) is 14.3 Å². The molecule has 0 amide bonds.